The molecule has 2 aromatic rings. The summed E-state index contributed by atoms with van der Waals surface area (Å²) in [5.74, 6) is -0.397. The Kier molecular flexibility index (Phi) is 7.36. The van der Waals surface area contributed by atoms with Crippen molar-refractivity contribution in [2.75, 3.05) is 21.2 Å². The van der Waals surface area contributed by atoms with E-state index in [2.05, 4.69) is 0 Å². The second kappa shape index (κ2) is 8.98. The van der Waals surface area contributed by atoms with Crippen molar-refractivity contribution in [2.24, 2.45) is 0 Å². The van der Waals surface area contributed by atoms with Gasteiger partial charge >= 0.3 is 0 Å². The van der Waals surface area contributed by atoms with E-state index in [-0.39, 0.29) is 21.5 Å². The Morgan fingerprint density at radius 1 is 1.04 bits per heavy atom. The van der Waals surface area contributed by atoms with Crippen LogP contribution in [0.5, 0.6) is 0 Å². The lowest BCUT2D eigenvalue weighted by Crippen LogP contribution is -2.30. The van der Waals surface area contributed by atoms with Gasteiger partial charge in [0.05, 0.1) is 18.2 Å². The molecule has 0 aliphatic rings. The summed E-state index contributed by atoms with van der Waals surface area (Å²) in [4.78, 5) is 18.9. The molecule has 10 heteroatoms. The van der Waals surface area contributed by atoms with Gasteiger partial charge in [-0.2, -0.15) is 0 Å². The Hall–Kier alpha value is -1.35. The number of carbonyl (C=O) groups excluding carboxylic acids is 1. The summed E-state index contributed by atoms with van der Waals surface area (Å²) in [6.07, 6.45) is 0. The molecule has 0 radical (unpaired) electrons. The van der Waals surface area contributed by atoms with Crippen molar-refractivity contribution >= 4 is 50.7 Å². The minimum atomic E-state index is -4.01. The summed E-state index contributed by atoms with van der Waals surface area (Å²) in [5.41, 5.74) is 0.870. The van der Waals surface area contributed by atoms with E-state index in [0.717, 1.165) is 0 Å². The summed E-state index contributed by atoms with van der Waals surface area (Å²) >= 11 is 18.2. The van der Waals surface area contributed by atoms with E-state index in [1.165, 1.54) is 37.3 Å². The Morgan fingerprint density at radius 2 is 1.68 bits per heavy atom. The lowest BCUT2D eigenvalue weighted by atomic mass is 10.1. The highest BCUT2D eigenvalue weighted by Crippen LogP contribution is 2.31. The highest BCUT2D eigenvalue weighted by molar-refractivity contribution is 7.89. The molecule has 2 rings (SSSR count). The van der Waals surface area contributed by atoms with E-state index in [1.807, 2.05) is 0 Å². The monoisotopic (exact) mass is 464 g/mol. The Balaban J connectivity index is 2.40. The van der Waals surface area contributed by atoms with Crippen LogP contribution in [0.4, 0.5) is 0 Å². The van der Waals surface area contributed by atoms with E-state index in [9.17, 15) is 13.2 Å². The smallest absolute Gasteiger partial charge is 0.266 e. The molecule has 1 amide bonds. The van der Waals surface area contributed by atoms with E-state index < -0.39 is 15.9 Å². The van der Waals surface area contributed by atoms with Crippen molar-refractivity contribution in [1.29, 1.82) is 0 Å². The lowest BCUT2D eigenvalue weighted by molar-refractivity contribution is -0.0258. The maximum Gasteiger partial charge on any atom is 0.266 e. The van der Waals surface area contributed by atoms with Gasteiger partial charge in [-0.3, -0.25) is 9.63 Å². The quantitative estimate of drug-likeness (QED) is 0.582. The van der Waals surface area contributed by atoms with Gasteiger partial charge in [0.15, 0.2) is 0 Å². The number of amides is 1. The lowest BCUT2D eigenvalue weighted by Gasteiger charge is -2.26. The zero-order valence-electron chi connectivity index (χ0n) is 15.6. The minimum absolute atomic E-state index is 0.0168. The molecule has 0 spiro atoms. The molecule has 0 N–H and O–H groups in total. The summed E-state index contributed by atoms with van der Waals surface area (Å²) in [6.45, 7) is 1.80. The maximum atomic E-state index is 12.9. The fraction of sp³-hybridized carbons (Fsp3) is 0.278. The number of hydroxylamine groups is 1. The first-order valence-electron chi connectivity index (χ1n) is 8.05. The van der Waals surface area contributed by atoms with Gasteiger partial charge < -0.3 is 4.90 Å². The third-order valence-electron chi connectivity index (χ3n) is 4.37. The van der Waals surface area contributed by atoms with Crippen LogP contribution >= 0.6 is 34.8 Å². The van der Waals surface area contributed by atoms with Gasteiger partial charge in [0.1, 0.15) is 4.90 Å². The molecule has 0 fully saturated rings. The second-order valence-corrected chi connectivity index (χ2v) is 9.16. The number of hydrogen-bond donors (Lipinski definition) is 0. The van der Waals surface area contributed by atoms with Gasteiger partial charge in [-0.25, -0.2) is 8.42 Å². The topological polar surface area (TPSA) is 66.9 Å². The Bertz CT molecular complexity index is 998. The van der Waals surface area contributed by atoms with Crippen LogP contribution in [-0.2, 0) is 14.9 Å². The van der Waals surface area contributed by atoms with Crippen LogP contribution in [0, 0.1) is 0 Å². The van der Waals surface area contributed by atoms with Crippen LogP contribution in [0.25, 0.3) is 0 Å². The number of benzene rings is 2. The first-order valence-corrected chi connectivity index (χ1v) is 10.6. The zero-order valence-corrected chi connectivity index (χ0v) is 18.7. The number of sulfonamides is 1. The summed E-state index contributed by atoms with van der Waals surface area (Å²) in [7, 11) is 0.0336. The zero-order chi connectivity index (χ0) is 21.2. The molecule has 28 heavy (non-hydrogen) atoms. The van der Waals surface area contributed by atoms with E-state index in [4.69, 9.17) is 39.6 Å². The van der Waals surface area contributed by atoms with Crippen LogP contribution in [0.2, 0.25) is 15.1 Å². The van der Waals surface area contributed by atoms with E-state index in [0.29, 0.717) is 20.1 Å². The predicted octanol–water partition coefficient (Wildman–Crippen LogP) is 4.66. The highest BCUT2D eigenvalue weighted by Gasteiger charge is 2.27. The first-order chi connectivity index (χ1) is 13.0. The van der Waals surface area contributed by atoms with Crippen LogP contribution in [0.1, 0.15) is 28.9 Å². The SMILES string of the molecule is CON(C)S(=O)(=O)c1cc(C(=O)N(C)C(C)c2ccc(Cl)cc2Cl)ccc1Cl. The molecule has 0 bridgehead atoms. The molecule has 0 aliphatic carbocycles. The van der Waals surface area contributed by atoms with Crippen molar-refractivity contribution in [3.05, 3.63) is 62.6 Å². The second-order valence-electron chi connectivity index (χ2n) is 6.00. The summed E-state index contributed by atoms with van der Waals surface area (Å²) in [5, 5.41) is 0.905. The molecule has 0 heterocycles. The summed E-state index contributed by atoms with van der Waals surface area (Å²) in [6, 6.07) is 8.69. The van der Waals surface area contributed by atoms with Gasteiger partial charge in [-0.1, -0.05) is 45.3 Å². The van der Waals surface area contributed by atoms with E-state index in [1.54, 1.807) is 32.2 Å². The first kappa shape index (κ1) is 22.9. The molecule has 0 aliphatic heterocycles. The van der Waals surface area contributed by atoms with Crippen LogP contribution in [0.3, 0.4) is 0 Å². The minimum Gasteiger partial charge on any atom is -0.335 e. The number of nitrogens with zero attached hydrogens (tertiary/aromatic N) is 2. The average Bonchev–Trinajstić information content (AvgIpc) is 2.65. The van der Waals surface area contributed by atoms with E-state index >= 15 is 0 Å². The molecule has 0 saturated heterocycles. The maximum absolute atomic E-state index is 12.9. The fourth-order valence-electron chi connectivity index (χ4n) is 2.50. The largest absolute Gasteiger partial charge is 0.335 e. The van der Waals surface area contributed by atoms with Gasteiger partial charge in [-0.15, -0.1) is 0 Å². The fourth-order valence-corrected chi connectivity index (χ4v) is 4.54. The normalized spacial score (nSPS) is 12.9. The average molecular weight is 466 g/mol. The molecule has 1 unspecified atom stereocenters. The number of hydrogen-bond acceptors (Lipinski definition) is 4. The molecular formula is C18H19Cl3N2O4S. The van der Waals surface area contributed by atoms with Crippen LogP contribution < -0.4 is 0 Å². The van der Waals surface area contributed by atoms with Crippen molar-refractivity contribution in [3.63, 3.8) is 0 Å². The molecular weight excluding hydrogens is 447 g/mol. The molecule has 0 saturated carbocycles. The molecule has 152 valence electrons. The molecule has 1 atom stereocenters. The van der Waals surface area contributed by atoms with Crippen LogP contribution in [0.15, 0.2) is 41.3 Å². The van der Waals surface area contributed by atoms with Crippen molar-refractivity contribution in [3.8, 4) is 0 Å². The van der Waals surface area contributed by atoms with Gasteiger partial charge in [0, 0.05) is 29.7 Å². The van der Waals surface area contributed by atoms with Crippen LogP contribution in [-0.4, -0.2) is 44.9 Å². The number of carbonyl (C=O) groups is 1. The van der Waals surface area contributed by atoms with Gasteiger partial charge in [0.25, 0.3) is 15.9 Å². The Labute approximate surface area is 179 Å². The molecule has 0 aromatic heterocycles. The number of halogens is 3. The third kappa shape index (κ3) is 4.62. The number of rotatable bonds is 6. The van der Waals surface area contributed by atoms with Gasteiger partial charge in [-0.05, 0) is 42.8 Å². The van der Waals surface area contributed by atoms with Gasteiger partial charge in [0.2, 0.25) is 0 Å². The summed E-state index contributed by atoms with van der Waals surface area (Å²) < 4.78 is 25.7. The van der Waals surface area contributed by atoms with Crippen molar-refractivity contribution in [2.45, 2.75) is 17.9 Å². The Morgan fingerprint density at radius 3 is 2.25 bits per heavy atom. The highest BCUT2D eigenvalue weighted by atomic mass is 35.5. The third-order valence-corrected chi connectivity index (χ3v) is 7.09. The predicted molar refractivity (Wildman–Crippen MR) is 110 cm³/mol. The molecule has 2 aromatic carbocycles. The van der Waals surface area contributed by atoms with Crippen molar-refractivity contribution < 1.29 is 18.0 Å². The standard InChI is InChI=1S/C18H19Cl3N2O4S/c1-11(14-7-6-13(19)10-16(14)21)22(2)18(24)12-5-8-15(20)17(9-12)28(25,26)23(3)27-4/h5-11H,1-4H3. The molecule has 6 nitrogen and oxygen atoms in total. The van der Waals surface area contributed by atoms with Crippen molar-refractivity contribution in [1.82, 2.24) is 9.37 Å².